The third-order valence-electron chi connectivity index (χ3n) is 3.90. The summed E-state index contributed by atoms with van der Waals surface area (Å²) in [6, 6.07) is 2.16. The second-order valence-corrected chi connectivity index (χ2v) is 5.43. The number of hydrogen-bond donors (Lipinski definition) is 0. The predicted molar refractivity (Wildman–Crippen MR) is 77.2 cm³/mol. The van der Waals surface area contributed by atoms with Crippen LogP contribution in [0.5, 0.6) is 0 Å². The number of rotatable bonds is 5. The molecule has 0 bridgehead atoms. The first kappa shape index (κ1) is 15.0. The number of carbonyl (C=O) groups is 1. The summed E-state index contributed by atoms with van der Waals surface area (Å²) in [7, 11) is 1.99. The van der Waals surface area contributed by atoms with Crippen LogP contribution in [-0.2, 0) is 29.5 Å². The van der Waals surface area contributed by atoms with E-state index in [2.05, 4.69) is 23.0 Å². The van der Waals surface area contributed by atoms with E-state index in [1.165, 1.54) is 5.69 Å². The summed E-state index contributed by atoms with van der Waals surface area (Å²) in [6.07, 6.45) is 2.96. The molecule has 0 aliphatic carbocycles. The minimum absolute atomic E-state index is 0.0302. The molecule has 1 fully saturated rings. The Labute approximate surface area is 120 Å². The van der Waals surface area contributed by atoms with Gasteiger partial charge in [0.15, 0.2) is 0 Å². The maximum atomic E-state index is 11.8. The van der Waals surface area contributed by atoms with Crippen LogP contribution in [0.4, 0.5) is 0 Å². The zero-order valence-corrected chi connectivity index (χ0v) is 12.8. The first-order chi connectivity index (χ1) is 9.63. The highest BCUT2D eigenvalue weighted by Crippen LogP contribution is 2.20. The molecule has 20 heavy (non-hydrogen) atoms. The lowest BCUT2D eigenvalue weighted by atomic mass is 9.98. The predicted octanol–water partition coefficient (Wildman–Crippen LogP) is 1.76. The van der Waals surface area contributed by atoms with Crippen molar-refractivity contribution in [2.45, 2.75) is 39.7 Å². The average molecular weight is 279 g/mol. The van der Waals surface area contributed by atoms with Crippen molar-refractivity contribution in [3.8, 4) is 0 Å². The van der Waals surface area contributed by atoms with Gasteiger partial charge in [-0.2, -0.15) is 5.10 Å². The van der Waals surface area contributed by atoms with Crippen molar-refractivity contribution in [2.24, 2.45) is 13.0 Å². The monoisotopic (exact) mass is 279 g/mol. The second kappa shape index (κ2) is 6.88. The van der Waals surface area contributed by atoms with Gasteiger partial charge in [0, 0.05) is 20.1 Å². The molecule has 5 heteroatoms. The van der Waals surface area contributed by atoms with Crippen molar-refractivity contribution in [3.63, 3.8) is 0 Å². The molecule has 0 spiro atoms. The fraction of sp³-hybridized carbons (Fsp3) is 0.733. The molecule has 0 amide bonds. The van der Waals surface area contributed by atoms with Gasteiger partial charge in [0.05, 0.1) is 23.9 Å². The normalized spacial score (nSPS) is 20.1. The molecule has 1 aromatic heterocycles. The van der Waals surface area contributed by atoms with Gasteiger partial charge < -0.3 is 4.74 Å². The van der Waals surface area contributed by atoms with E-state index in [0.717, 1.165) is 44.6 Å². The summed E-state index contributed by atoms with van der Waals surface area (Å²) in [6.45, 7) is 7.15. The third-order valence-corrected chi connectivity index (χ3v) is 3.90. The second-order valence-electron chi connectivity index (χ2n) is 5.43. The third kappa shape index (κ3) is 3.60. The molecule has 0 saturated carbocycles. The highest BCUT2D eigenvalue weighted by Gasteiger charge is 2.27. The minimum atomic E-state index is -0.0450. The van der Waals surface area contributed by atoms with Crippen LogP contribution in [0.1, 0.15) is 38.1 Å². The number of carbonyl (C=O) groups excluding carboxylic acids is 1. The Morgan fingerprint density at radius 1 is 1.50 bits per heavy atom. The minimum Gasteiger partial charge on any atom is -0.466 e. The number of aryl methyl sites for hydroxylation is 2. The van der Waals surface area contributed by atoms with Gasteiger partial charge in [-0.15, -0.1) is 0 Å². The topological polar surface area (TPSA) is 47.4 Å². The molecule has 0 aromatic carbocycles. The van der Waals surface area contributed by atoms with Crippen molar-refractivity contribution in [1.82, 2.24) is 14.7 Å². The van der Waals surface area contributed by atoms with Gasteiger partial charge in [-0.1, -0.05) is 6.92 Å². The maximum absolute atomic E-state index is 11.8. The molecule has 0 radical (unpaired) electrons. The van der Waals surface area contributed by atoms with Crippen LogP contribution in [-0.4, -0.2) is 40.3 Å². The molecule has 5 nitrogen and oxygen atoms in total. The van der Waals surface area contributed by atoms with Gasteiger partial charge in [-0.25, -0.2) is 0 Å². The first-order valence-electron chi connectivity index (χ1n) is 7.54. The van der Waals surface area contributed by atoms with Crippen LogP contribution in [0.3, 0.4) is 0 Å². The number of aromatic nitrogens is 2. The van der Waals surface area contributed by atoms with Crippen molar-refractivity contribution >= 4 is 5.97 Å². The quantitative estimate of drug-likeness (QED) is 0.771. The van der Waals surface area contributed by atoms with Gasteiger partial charge in [0.2, 0.25) is 0 Å². The SMILES string of the molecule is CCOC(=O)[C@@H]1CCCN(Cc2cc(CC)nn2C)C1. The Bertz CT molecular complexity index is 456. The molecule has 112 valence electrons. The summed E-state index contributed by atoms with van der Waals surface area (Å²) >= 11 is 0. The lowest BCUT2D eigenvalue weighted by Gasteiger charge is -2.31. The van der Waals surface area contributed by atoms with E-state index in [-0.39, 0.29) is 11.9 Å². The van der Waals surface area contributed by atoms with E-state index in [1.54, 1.807) is 0 Å². The molecule has 1 aliphatic rings. The van der Waals surface area contributed by atoms with Crippen molar-refractivity contribution in [2.75, 3.05) is 19.7 Å². The van der Waals surface area contributed by atoms with Gasteiger partial charge in [0.1, 0.15) is 0 Å². The fourth-order valence-corrected chi connectivity index (χ4v) is 2.77. The summed E-state index contributed by atoms with van der Waals surface area (Å²) < 4.78 is 7.09. The molecular weight excluding hydrogens is 254 g/mol. The number of nitrogens with zero attached hydrogens (tertiary/aromatic N) is 3. The molecular formula is C15H25N3O2. The number of esters is 1. The van der Waals surface area contributed by atoms with Crippen LogP contribution in [0, 0.1) is 5.92 Å². The lowest BCUT2D eigenvalue weighted by Crippen LogP contribution is -2.39. The number of piperidine rings is 1. The van der Waals surface area contributed by atoms with Gasteiger partial charge in [-0.05, 0) is 38.8 Å². The van der Waals surface area contributed by atoms with E-state index < -0.39 is 0 Å². The van der Waals surface area contributed by atoms with Crippen LogP contribution in [0.15, 0.2) is 6.07 Å². The van der Waals surface area contributed by atoms with E-state index in [1.807, 2.05) is 18.7 Å². The van der Waals surface area contributed by atoms with E-state index >= 15 is 0 Å². The van der Waals surface area contributed by atoms with Crippen LogP contribution >= 0.6 is 0 Å². The van der Waals surface area contributed by atoms with Crippen molar-refractivity contribution in [3.05, 3.63) is 17.5 Å². The van der Waals surface area contributed by atoms with E-state index in [9.17, 15) is 4.79 Å². The molecule has 2 rings (SSSR count). The Balaban J connectivity index is 1.95. The highest BCUT2D eigenvalue weighted by atomic mass is 16.5. The highest BCUT2D eigenvalue weighted by molar-refractivity contribution is 5.72. The zero-order chi connectivity index (χ0) is 14.5. The smallest absolute Gasteiger partial charge is 0.310 e. The van der Waals surface area contributed by atoms with E-state index in [0.29, 0.717) is 6.61 Å². The molecule has 1 saturated heterocycles. The van der Waals surface area contributed by atoms with Crippen molar-refractivity contribution < 1.29 is 9.53 Å². The van der Waals surface area contributed by atoms with E-state index in [4.69, 9.17) is 4.74 Å². The Morgan fingerprint density at radius 3 is 2.95 bits per heavy atom. The van der Waals surface area contributed by atoms with Crippen LogP contribution in [0.25, 0.3) is 0 Å². The number of ether oxygens (including phenoxy) is 1. The molecule has 0 unspecified atom stereocenters. The Hall–Kier alpha value is -1.36. The molecule has 1 aromatic rings. The van der Waals surface area contributed by atoms with Crippen LogP contribution < -0.4 is 0 Å². The average Bonchev–Trinajstić information content (AvgIpc) is 2.80. The van der Waals surface area contributed by atoms with Gasteiger partial charge in [0.25, 0.3) is 0 Å². The molecule has 0 N–H and O–H groups in total. The molecule has 1 atom stereocenters. The number of hydrogen-bond acceptors (Lipinski definition) is 4. The first-order valence-corrected chi connectivity index (χ1v) is 7.54. The molecule has 2 heterocycles. The maximum Gasteiger partial charge on any atom is 0.310 e. The standard InChI is InChI=1S/C15H25N3O2/c1-4-13-9-14(17(3)16-13)11-18-8-6-7-12(10-18)15(19)20-5-2/h9,12H,4-8,10-11H2,1-3H3/t12-/m1/s1. The van der Waals surface area contributed by atoms with Gasteiger partial charge >= 0.3 is 5.97 Å². The Kier molecular flexibility index (Phi) is 5.17. The number of likely N-dealkylation sites (tertiary alicyclic amines) is 1. The summed E-state index contributed by atoms with van der Waals surface area (Å²) in [5.41, 5.74) is 2.34. The summed E-state index contributed by atoms with van der Waals surface area (Å²) in [4.78, 5) is 14.2. The Morgan fingerprint density at radius 2 is 2.30 bits per heavy atom. The summed E-state index contributed by atoms with van der Waals surface area (Å²) in [5.74, 6) is -0.0148. The van der Waals surface area contributed by atoms with Crippen LogP contribution in [0.2, 0.25) is 0 Å². The largest absolute Gasteiger partial charge is 0.466 e. The van der Waals surface area contributed by atoms with Crippen molar-refractivity contribution in [1.29, 1.82) is 0 Å². The summed E-state index contributed by atoms with van der Waals surface area (Å²) in [5, 5.41) is 4.48. The zero-order valence-electron chi connectivity index (χ0n) is 12.8. The van der Waals surface area contributed by atoms with Gasteiger partial charge in [-0.3, -0.25) is 14.4 Å². The fourth-order valence-electron chi connectivity index (χ4n) is 2.77. The molecule has 1 aliphatic heterocycles. The lowest BCUT2D eigenvalue weighted by molar-refractivity contribution is -0.150.